The zero-order chi connectivity index (χ0) is 12.6. The van der Waals surface area contributed by atoms with Crippen molar-refractivity contribution in [2.24, 2.45) is 5.92 Å². The average Bonchev–Trinajstić information content (AvgIpc) is 2.86. The fourth-order valence-electron chi connectivity index (χ4n) is 2.70. The van der Waals surface area contributed by atoms with Gasteiger partial charge in [0, 0.05) is 13.1 Å². The van der Waals surface area contributed by atoms with Gasteiger partial charge >= 0.3 is 0 Å². The first kappa shape index (κ1) is 13.6. The van der Waals surface area contributed by atoms with Crippen molar-refractivity contribution in [2.75, 3.05) is 32.7 Å². The quantitative estimate of drug-likeness (QED) is 0.744. The highest BCUT2D eigenvalue weighted by molar-refractivity contribution is 5.14. The van der Waals surface area contributed by atoms with Gasteiger partial charge in [-0.1, -0.05) is 37.3 Å². The molecule has 1 aromatic carbocycles. The van der Waals surface area contributed by atoms with Crippen LogP contribution in [0, 0.1) is 5.92 Å². The lowest BCUT2D eigenvalue weighted by Crippen LogP contribution is -2.28. The Morgan fingerprint density at radius 3 is 2.89 bits per heavy atom. The van der Waals surface area contributed by atoms with Gasteiger partial charge in [0.05, 0.1) is 0 Å². The van der Waals surface area contributed by atoms with E-state index in [-0.39, 0.29) is 0 Å². The Morgan fingerprint density at radius 1 is 1.28 bits per heavy atom. The summed E-state index contributed by atoms with van der Waals surface area (Å²) in [7, 11) is 0. The number of rotatable bonds is 7. The van der Waals surface area contributed by atoms with Gasteiger partial charge in [0.25, 0.3) is 0 Å². The molecule has 2 rings (SSSR count). The molecule has 1 atom stereocenters. The smallest absolute Gasteiger partial charge is 0.00224 e. The van der Waals surface area contributed by atoms with Gasteiger partial charge in [0.15, 0.2) is 0 Å². The minimum absolute atomic E-state index is 0.868. The number of likely N-dealkylation sites (tertiary alicyclic amines) is 1. The van der Waals surface area contributed by atoms with Crippen molar-refractivity contribution in [3.8, 4) is 0 Å². The molecule has 1 fully saturated rings. The number of benzene rings is 1. The van der Waals surface area contributed by atoms with E-state index in [1.807, 2.05) is 0 Å². The maximum atomic E-state index is 3.54. The lowest BCUT2D eigenvalue weighted by molar-refractivity contribution is 0.326. The summed E-state index contributed by atoms with van der Waals surface area (Å²) in [5.74, 6) is 0.868. The number of nitrogens with one attached hydrogen (secondary N) is 1. The minimum Gasteiger partial charge on any atom is -0.316 e. The van der Waals surface area contributed by atoms with Crippen LogP contribution >= 0.6 is 0 Å². The minimum atomic E-state index is 0.868. The molecule has 1 aromatic rings. The monoisotopic (exact) mass is 246 g/mol. The summed E-state index contributed by atoms with van der Waals surface area (Å²) >= 11 is 0. The molecule has 2 nitrogen and oxygen atoms in total. The van der Waals surface area contributed by atoms with Crippen molar-refractivity contribution < 1.29 is 0 Å². The normalized spacial score (nSPS) is 20.4. The molecule has 18 heavy (non-hydrogen) atoms. The Bertz CT molecular complexity index is 323. The molecular formula is C16H26N2. The van der Waals surface area contributed by atoms with Crippen LogP contribution in [0.25, 0.3) is 0 Å². The van der Waals surface area contributed by atoms with Crippen molar-refractivity contribution in [1.29, 1.82) is 0 Å². The first-order chi connectivity index (χ1) is 8.88. The molecule has 1 aliphatic rings. The Balaban J connectivity index is 1.64. The summed E-state index contributed by atoms with van der Waals surface area (Å²) in [5.41, 5.74) is 1.46. The van der Waals surface area contributed by atoms with Gasteiger partial charge < -0.3 is 10.2 Å². The summed E-state index contributed by atoms with van der Waals surface area (Å²) < 4.78 is 0. The molecule has 1 N–H and O–H groups in total. The SMILES string of the molecule is CCCNCC1CCN(CCc2ccccc2)C1. The van der Waals surface area contributed by atoms with Crippen LogP contribution in [0.15, 0.2) is 30.3 Å². The number of nitrogens with zero attached hydrogens (tertiary/aromatic N) is 1. The van der Waals surface area contributed by atoms with Crippen LogP contribution < -0.4 is 5.32 Å². The third-order valence-corrected chi connectivity index (χ3v) is 3.79. The van der Waals surface area contributed by atoms with E-state index < -0.39 is 0 Å². The molecule has 2 heteroatoms. The van der Waals surface area contributed by atoms with E-state index >= 15 is 0 Å². The zero-order valence-electron chi connectivity index (χ0n) is 11.6. The van der Waals surface area contributed by atoms with E-state index in [1.165, 1.54) is 57.5 Å². The van der Waals surface area contributed by atoms with E-state index in [2.05, 4.69) is 47.5 Å². The van der Waals surface area contributed by atoms with Gasteiger partial charge in [-0.25, -0.2) is 0 Å². The molecule has 0 aromatic heterocycles. The largest absolute Gasteiger partial charge is 0.316 e. The Morgan fingerprint density at radius 2 is 2.11 bits per heavy atom. The molecule has 0 bridgehead atoms. The van der Waals surface area contributed by atoms with Crippen LogP contribution in [0.5, 0.6) is 0 Å². The molecule has 1 saturated heterocycles. The van der Waals surface area contributed by atoms with E-state index in [1.54, 1.807) is 0 Å². The second kappa shape index (κ2) is 7.55. The number of hydrogen-bond acceptors (Lipinski definition) is 2. The van der Waals surface area contributed by atoms with Crippen LogP contribution in [0.4, 0.5) is 0 Å². The van der Waals surface area contributed by atoms with Crippen molar-refractivity contribution in [3.63, 3.8) is 0 Å². The second-order valence-corrected chi connectivity index (χ2v) is 5.40. The highest BCUT2D eigenvalue weighted by Gasteiger charge is 2.21. The Hall–Kier alpha value is -0.860. The maximum absolute atomic E-state index is 3.54. The maximum Gasteiger partial charge on any atom is 0.00224 e. The van der Waals surface area contributed by atoms with Crippen LogP contribution in [0.2, 0.25) is 0 Å². The summed E-state index contributed by atoms with van der Waals surface area (Å²) in [6.45, 7) is 8.38. The highest BCUT2D eigenvalue weighted by atomic mass is 15.1. The molecule has 100 valence electrons. The molecule has 0 radical (unpaired) electrons. The van der Waals surface area contributed by atoms with Crippen LogP contribution in [0.1, 0.15) is 25.3 Å². The first-order valence-corrected chi connectivity index (χ1v) is 7.35. The molecule has 0 spiro atoms. The Labute approximate surface area is 111 Å². The van der Waals surface area contributed by atoms with Gasteiger partial charge in [-0.2, -0.15) is 0 Å². The first-order valence-electron chi connectivity index (χ1n) is 7.35. The zero-order valence-corrected chi connectivity index (χ0v) is 11.6. The van der Waals surface area contributed by atoms with Gasteiger partial charge in [0.2, 0.25) is 0 Å². The lowest BCUT2D eigenvalue weighted by Gasteiger charge is -2.16. The third-order valence-electron chi connectivity index (χ3n) is 3.79. The molecule has 0 aliphatic carbocycles. The summed E-state index contributed by atoms with van der Waals surface area (Å²) in [4.78, 5) is 2.62. The fraction of sp³-hybridized carbons (Fsp3) is 0.625. The highest BCUT2D eigenvalue weighted by Crippen LogP contribution is 2.15. The average molecular weight is 246 g/mol. The van der Waals surface area contributed by atoms with Gasteiger partial charge in [-0.3, -0.25) is 0 Å². The molecular weight excluding hydrogens is 220 g/mol. The summed E-state index contributed by atoms with van der Waals surface area (Å²) in [6, 6.07) is 10.8. The second-order valence-electron chi connectivity index (χ2n) is 5.40. The molecule has 0 saturated carbocycles. The molecule has 1 heterocycles. The molecule has 1 aliphatic heterocycles. The van der Waals surface area contributed by atoms with Crippen molar-refractivity contribution in [1.82, 2.24) is 10.2 Å². The standard InChI is InChI=1S/C16H26N2/c1-2-10-17-13-16-9-12-18(14-16)11-8-15-6-4-3-5-7-15/h3-7,16-17H,2,8-14H2,1H3. The van der Waals surface area contributed by atoms with E-state index in [9.17, 15) is 0 Å². The van der Waals surface area contributed by atoms with E-state index in [0.717, 1.165) is 5.92 Å². The van der Waals surface area contributed by atoms with Gasteiger partial charge in [-0.05, 0) is 50.4 Å². The van der Waals surface area contributed by atoms with E-state index in [0.29, 0.717) is 0 Å². The lowest BCUT2D eigenvalue weighted by atomic mass is 10.1. The van der Waals surface area contributed by atoms with Crippen molar-refractivity contribution >= 4 is 0 Å². The van der Waals surface area contributed by atoms with Gasteiger partial charge in [-0.15, -0.1) is 0 Å². The molecule has 1 unspecified atom stereocenters. The topological polar surface area (TPSA) is 15.3 Å². The third kappa shape index (κ3) is 4.43. The summed E-state index contributed by atoms with van der Waals surface area (Å²) in [5, 5.41) is 3.54. The van der Waals surface area contributed by atoms with Gasteiger partial charge in [0.1, 0.15) is 0 Å². The fourth-order valence-corrected chi connectivity index (χ4v) is 2.70. The predicted octanol–water partition coefficient (Wildman–Crippen LogP) is 2.55. The Kier molecular flexibility index (Phi) is 5.69. The predicted molar refractivity (Wildman–Crippen MR) is 77.9 cm³/mol. The summed E-state index contributed by atoms with van der Waals surface area (Å²) in [6.07, 6.45) is 3.80. The van der Waals surface area contributed by atoms with Crippen molar-refractivity contribution in [2.45, 2.75) is 26.2 Å². The van der Waals surface area contributed by atoms with Crippen LogP contribution in [0.3, 0.4) is 0 Å². The van der Waals surface area contributed by atoms with Crippen molar-refractivity contribution in [3.05, 3.63) is 35.9 Å². The molecule has 0 amide bonds. The van der Waals surface area contributed by atoms with Crippen LogP contribution in [-0.4, -0.2) is 37.6 Å². The van der Waals surface area contributed by atoms with Crippen LogP contribution in [-0.2, 0) is 6.42 Å². The number of hydrogen-bond donors (Lipinski definition) is 1. The van der Waals surface area contributed by atoms with E-state index in [4.69, 9.17) is 0 Å².